The largest absolute Gasteiger partial charge is 0.398 e. The lowest BCUT2D eigenvalue weighted by molar-refractivity contribution is 0.362. The van der Waals surface area contributed by atoms with Crippen LogP contribution in [0.25, 0.3) is 0 Å². The molecule has 0 atom stereocenters. The summed E-state index contributed by atoms with van der Waals surface area (Å²) in [6.45, 7) is 0.433. The summed E-state index contributed by atoms with van der Waals surface area (Å²) in [6.07, 6.45) is 5.26. The molecule has 0 aromatic heterocycles. The van der Waals surface area contributed by atoms with Crippen molar-refractivity contribution in [2.75, 3.05) is 18.5 Å². The van der Waals surface area contributed by atoms with Gasteiger partial charge in [-0.2, -0.15) is 11.8 Å². The predicted octanol–water partition coefficient (Wildman–Crippen LogP) is 2.49. The second-order valence-corrected chi connectivity index (χ2v) is 8.19. The number of halogens is 1. The van der Waals surface area contributed by atoms with Crippen LogP contribution in [0.3, 0.4) is 0 Å². The van der Waals surface area contributed by atoms with Gasteiger partial charge in [0.25, 0.3) is 0 Å². The molecular formula is C12H17ClN2O2S2. The number of nitrogens with one attached hydrogen (secondary N) is 1. The molecule has 0 spiro atoms. The Hall–Kier alpha value is -0.430. The summed E-state index contributed by atoms with van der Waals surface area (Å²) >= 11 is 7.54. The summed E-state index contributed by atoms with van der Waals surface area (Å²) in [5, 5.41) is 0.359. The van der Waals surface area contributed by atoms with Crippen molar-refractivity contribution in [3.8, 4) is 0 Å². The molecule has 0 aliphatic heterocycles. The smallest absolute Gasteiger partial charge is 0.242 e. The summed E-state index contributed by atoms with van der Waals surface area (Å²) in [5.74, 6) is 0. The monoisotopic (exact) mass is 320 g/mol. The van der Waals surface area contributed by atoms with Gasteiger partial charge in [-0.3, -0.25) is 0 Å². The van der Waals surface area contributed by atoms with E-state index in [0.29, 0.717) is 11.6 Å². The molecule has 4 nitrogen and oxygen atoms in total. The molecule has 0 radical (unpaired) electrons. The molecule has 1 aromatic carbocycles. The normalized spacial score (nSPS) is 18.0. The Labute approximate surface area is 123 Å². The van der Waals surface area contributed by atoms with E-state index in [1.165, 1.54) is 12.1 Å². The van der Waals surface area contributed by atoms with Gasteiger partial charge in [-0.1, -0.05) is 18.0 Å². The van der Waals surface area contributed by atoms with Crippen LogP contribution in [0.2, 0.25) is 5.02 Å². The molecule has 1 aliphatic rings. The van der Waals surface area contributed by atoms with Crippen LogP contribution in [0.15, 0.2) is 23.1 Å². The first-order chi connectivity index (χ1) is 8.88. The first-order valence-electron chi connectivity index (χ1n) is 5.98. The number of hydrogen-bond donors (Lipinski definition) is 2. The highest BCUT2D eigenvalue weighted by atomic mass is 35.5. The van der Waals surface area contributed by atoms with E-state index in [1.807, 2.05) is 6.26 Å². The van der Waals surface area contributed by atoms with Crippen LogP contribution < -0.4 is 10.5 Å². The lowest BCUT2D eigenvalue weighted by Crippen LogP contribution is -2.45. The van der Waals surface area contributed by atoms with Crippen LogP contribution in [0.5, 0.6) is 0 Å². The minimum absolute atomic E-state index is 0.0421. The molecule has 1 saturated carbocycles. The van der Waals surface area contributed by atoms with Crippen molar-refractivity contribution in [2.24, 2.45) is 0 Å². The van der Waals surface area contributed by atoms with Crippen molar-refractivity contribution in [2.45, 2.75) is 28.9 Å². The second-order valence-electron chi connectivity index (χ2n) is 4.75. The van der Waals surface area contributed by atoms with Crippen molar-refractivity contribution < 1.29 is 8.42 Å². The number of nitrogens with two attached hydrogens (primary N) is 1. The first-order valence-corrected chi connectivity index (χ1v) is 9.07. The summed E-state index contributed by atoms with van der Waals surface area (Å²) < 4.78 is 27.2. The van der Waals surface area contributed by atoms with Crippen molar-refractivity contribution >= 4 is 39.1 Å². The Morgan fingerprint density at radius 3 is 2.68 bits per heavy atom. The zero-order valence-corrected chi connectivity index (χ0v) is 13.0. The molecule has 0 amide bonds. The van der Waals surface area contributed by atoms with Crippen LogP contribution in [0.1, 0.15) is 19.3 Å². The fourth-order valence-corrected chi connectivity index (χ4v) is 4.59. The van der Waals surface area contributed by atoms with E-state index in [9.17, 15) is 8.42 Å². The average molecular weight is 321 g/mol. The summed E-state index contributed by atoms with van der Waals surface area (Å²) in [5.41, 5.74) is 5.92. The summed E-state index contributed by atoms with van der Waals surface area (Å²) in [7, 11) is -3.61. The molecule has 1 fully saturated rings. The molecule has 2 rings (SSSR count). The Balaban J connectivity index is 2.16. The van der Waals surface area contributed by atoms with Gasteiger partial charge < -0.3 is 5.73 Å². The highest BCUT2D eigenvalue weighted by molar-refractivity contribution is 8.00. The first kappa shape index (κ1) is 15.0. The predicted molar refractivity (Wildman–Crippen MR) is 81.1 cm³/mol. The van der Waals surface area contributed by atoms with Crippen molar-refractivity contribution in [1.29, 1.82) is 0 Å². The number of benzene rings is 1. The van der Waals surface area contributed by atoms with Gasteiger partial charge in [0.2, 0.25) is 10.0 Å². The van der Waals surface area contributed by atoms with E-state index in [2.05, 4.69) is 4.72 Å². The SMILES string of the molecule is CSC1(CNS(=O)(=O)c2cc(Cl)ccc2N)CCC1. The Bertz CT molecular complexity index is 566. The van der Waals surface area contributed by atoms with Crippen LogP contribution in [0.4, 0.5) is 5.69 Å². The minimum Gasteiger partial charge on any atom is -0.398 e. The van der Waals surface area contributed by atoms with E-state index in [0.717, 1.165) is 19.3 Å². The van der Waals surface area contributed by atoms with Gasteiger partial charge in [0.15, 0.2) is 0 Å². The summed E-state index contributed by atoms with van der Waals surface area (Å²) in [6, 6.07) is 4.46. The van der Waals surface area contributed by atoms with Gasteiger partial charge in [0.05, 0.1) is 5.69 Å². The molecule has 7 heteroatoms. The van der Waals surface area contributed by atoms with E-state index >= 15 is 0 Å². The van der Waals surface area contributed by atoms with Gasteiger partial charge in [-0.15, -0.1) is 0 Å². The fraction of sp³-hybridized carbons (Fsp3) is 0.500. The zero-order valence-electron chi connectivity index (χ0n) is 10.6. The second kappa shape index (κ2) is 5.52. The van der Waals surface area contributed by atoms with Crippen LogP contribution in [-0.2, 0) is 10.0 Å². The molecule has 0 unspecified atom stereocenters. The average Bonchev–Trinajstić information content (AvgIpc) is 2.31. The van der Waals surface area contributed by atoms with Crippen molar-refractivity contribution in [3.63, 3.8) is 0 Å². The highest BCUT2D eigenvalue weighted by Gasteiger charge is 2.37. The third-order valence-corrected chi connectivity index (χ3v) is 6.66. The molecule has 0 heterocycles. The molecule has 1 aliphatic carbocycles. The van der Waals surface area contributed by atoms with Gasteiger partial charge >= 0.3 is 0 Å². The molecule has 1 aromatic rings. The van der Waals surface area contributed by atoms with E-state index in [1.54, 1.807) is 17.8 Å². The maximum atomic E-state index is 12.2. The fourth-order valence-electron chi connectivity index (χ4n) is 2.07. The van der Waals surface area contributed by atoms with Crippen molar-refractivity contribution in [1.82, 2.24) is 4.72 Å². The van der Waals surface area contributed by atoms with Gasteiger partial charge in [-0.05, 0) is 37.3 Å². The van der Waals surface area contributed by atoms with Gasteiger partial charge in [-0.25, -0.2) is 13.1 Å². The lowest BCUT2D eigenvalue weighted by Gasteiger charge is -2.40. The topological polar surface area (TPSA) is 72.2 Å². The molecule has 0 saturated heterocycles. The number of thioether (sulfide) groups is 1. The van der Waals surface area contributed by atoms with Crippen LogP contribution >= 0.6 is 23.4 Å². The number of rotatable bonds is 5. The maximum absolute atomic E-state index is 12.2. The van der Waals surface area contributed by atoms with E-state index in [4.69, 9.17) is 17.3 Å². The minimum atomic E-state index is -3.61. The molecule has 0 bridgehead atoms. The van der Waals surface area contributed by atoms with E-state index in [-0.39, 0.29) is 15.3 Å². The highest BCUT2D eigenvalue weighted by Crippen LogP contribution is 2.42. The Morgan fingerprint density at radius 2 is 2.16 bits per heavy atom. The van der Waals surface area contributed by atoms with Crippen LogP contribution in [-0.4, -0.2) is 26.0 Å². The molecule has 3 N–H and O–H groups in total. The third-order valence-electron chi connectivity index (χ3n) is 3.55. The zero-order chi connectivity index (χ0) is 14.1. The van der Waals surface area contributed by atoms with Gasteiger partial charge in [0.1, 0.15) is 4.90 Å². The molecule has 106 valence electrons. The lowest BCUT2D eigenvalue weighted by atomic mass is 9.84. The third kappa shape index (κ3) is 3.18. The van der Waals surface area contributed by atoms with Crippen LogP contribution in [0, 0.1) is 0 Å². The summed E-state index contributed by atoms with van der Waals surface area (Å²) in [4.78, 5) is 0.0515. The number of hydrogen-bond acceptors (Lipinski definition) is 4. The van der Waals surface area contributed by atoms with E-state index < -0.39 is 10.0 Å². The molecular weight excluding hydrogens is 304 g/mol. The number of anilines is 1. The Kier molecular flexibility index (Phi) is 4.35. The standard InChI is InChI=1S/C12H17ClN2O2S2/c1-18-12(5-2-6-12)8-15-19(16,17)11-7-9(13)3-4-10(11)14/h3-4,7,15H,2,5-6,8,14H2,1H3. The van der Waals surface area contributed by atoms with Gasteiger partial charge in [0, 0.05) is 16.3 Å². The number of nitrogen functional groups attached to an aromatic ring is 1. The molecule has 19 heavy (non-hydrogen) atoms. The van der Waals surface area contributed by atoms with Crippen molar-refractivity contribution in [3.05, 3.63) is 23.2 Å². The Morgan fingerprint density at radius 1 is 1.47 bits per heavy atom. The maximum Gasteiger partial charge on any atom is 0.242 e. The quantitative estimate of drug-likeness (QED) is 0.818. The number of sulfonamides is 1.